The van der Waals surface area contributed by atoms with Crippen molar-refractivity contribution >= 4 is 40.9 Å². The predicted molar refractivity (Wildman–Crippen MR) is 107 cm³/mol. The molecule has 2 unspecified atom stereocenters. The number of benzene rings is 1. The summed E-state index contributed by atoms with van der Waals surface area (Å²) in [5.41, 5.74) is 1.06. The Hall–Kier alpha value is -1.59. The van der Waals surface area contributed by atoms with Crippen molar-refractivity contribution in [1.82, 2.24) is 5.32 Å². The van der Waals surface area contributed by atoms with Gasteiger partial charge in [-0.15, -0.1) is 0 Å². The van der Waals surface area contributed by atoms with Crippen LogP contribution in [0.3, 0.4) is 0 Å². The fraction of sp³-hybridized carbons (Fsp3) is 0.550. The Morgan fingerprint density at radius 1 is 1.15 bits per heavy atom. The van der Waals surface area contributed by atoms with Crippen molar-refractivity contribution in [2.75, 3.05) is 0 Å². The average Bonchev–Trinajstić information content (AvgIpc) is 2.56. The molecule has 3 rings (SSSR count). The van der Waals surface area contributed by atoms with Gasteiger partial charge in [0.1, 0.15) is 12.0 Å². The molecular formula is C20H24Cl2N2O3. The van der Waals surface area contributed by atoms with Gasteiger partial charge >= 0.3 is 12.0 Å². The molecule has 1 saturated carbocycles. The van der Waals surface area contributed by atoms with Crippen molar-refractivity contribution in [1.29, 1.82) is 0 Å². The van der Waals surface area contributed by atoms with Gasteiger partial charge in [-0.05, 0) is 50.3 Å². The maximum absolute atomic E-state index is 13.0. The first-order valence-electron chi connectivity index (χ1n) is 9.47. The third-order valence-corrected chi connectivity index (χ3v) is 5.79. The number of nitrogens with one attached hydrogen (secondary N) is 1. The van der Waals surface area contributed by atoms with E-state index in [9.17, 15) is 9.59 Å². The molecule has 1 aliphatic carbocycles. The Morgan fingerprint density at radius 3 is 2.48 bits per heavy atom. The third-order valence-electron chi connectivity index (χ3n) is 5.23. The topological polar surface area (TPSA) is 67.8 Å². The van der Waals surface area contributed by atoms with Crippen LogP contribution in [-0.4, -0.2) is 23.8 Å². The summed E-state index contributed by atoms with van der Waals surface area (Å²) >= 11 is 12.3. The number of carbonyl (C=O) groups is 2. The molecule has 0 aromatic heterocycles. The minimum atomic E-state index is -0.702. The minimum Gasteiger partial charge on any atom is -0.462 e. The van der Waals surface area contributed by atoms with E-state index in [1.54, 1.807) is 25.1 Å². The molecule has 146 valence electrons. The molecule has 0 saturated heterocycles. The summed E-state index contributed by atoms with van der Waals surface area (Å²) in [5, 5.41) is 3.64. The molecule has 0 bridgehead atoms. The Morgan fingerprint density at radius 2 is 1.81 bits per heavy atom. The van der Waals surface area contributed by atoms with Crippen molar-refractivity contribution < 1.29 is 14.3 Å². The van der Waals surface area contributed by atoms with Crippen molar-refractivity contribution in [3.8, 4) is 0 Å². The second-order valence-corrected chi connectivity index (χ2v) is 8.07. The van der Waals surface area contributed by atoms with Crippen LogP contribution in [0.4, 0.5) is 4.79 Å². The van der Waals surface area contributed by atoms with Gasteiger partial charge in [0.15, 0.2) is 0 Å². The molecule has 5 nitrogen and oxygen atoms in total. The van der Waals surface area contributed by atoms with Crippen molar-refractivity contribution in [3.63, 3.8) is 0 Å². The van der Waals surface area contributed by atoms with Crippen molar-refractivity contribution in [2.45, 2.75) is 64.0 Å². The first-order valence-corrected chi connectivity index (χ1v) is 10.2. The zero-order valence-electron chi connectivity index (χ0n) is 15.3. The number of halogens is 2. The van der Waals surface area contributed by atoms with Gasteiger partial charge in [-0.2, -0.15) is 0 Å². The number of hydrogen-bond donors (Lipinski definition) is 1. The highest BCUT2D eigenvalue weighted by Crippen LogP contribution is 2.34. The second kappa shape index (κ2) is 9.07. The van der Waals surface area contributed by atoms with Crippen molar-refractivity contribution in [3.05, 3.63) is 33.8 Å². The van der Waals surface area contributed by atoms with Crippen molar-refractivity contribution in [2.24, 2.45) is 10.9 Å². The molecule has 1 fully saturated rings. The number of hydrogen-bond acceptors (Lipinski definition) is 3. The number of amides is 2. The number of nitrogens with zero attached hydrogens (tertiary/aromatic N) is 1. The lowest BCUT2D eigenvalue weighted by Crippen LogP contribution is -2.45. The van der Waals surface area contributed by atoms with Crippen LogP contribution >= 0.6 is 23.2 Å². The molecule has 0 radical (unpaired) electrons. The molecule has 2 aliphatic rings. The first-order chi connectivity index (χ1) is 13.0. The largest absolute Gasteiger partial charge is 0.462 e. The number of urea groups is 1. The van der Waals surface area contributed by atoms with Crippen LogP contribution in [0.2, 0.25) is 10.0 Å². The Labute approximate surface area is 169 Å². The van der Waals surface area contributed by atoms with Crippen LogP contribution in [0.5, 0.6) is 0 Å². The number of carbonyl (C=O) groups excluding carboxylic acids is 2. The minimum absolute atomic E-state index is 0.0791. The zero-order valence-corrected chi connectivity index (χ0v) is 16.9. The van der Waals surface area contributed by atoms with E-state index in [2.05, 4.69) is 10.3 Å². The quantitative estimate of drug-likeness (QED) is 0.669. The van der Waals surface area contributed by atoms with Gasteiger partial charge in [-0.3, -0.25) is 4.79 Å². The molecular weight excluding hydrogens is 387 g/mol. The summed E-state index contributed by atoms with van der Waals surface area (Å²) in [6.45, 7) is 1.68. The number of aliphatic imine (C=N–C) groups is 1. The van der Waals surface area contributed by atoms with Gasteiger partial charge < -0.3 is 10.1 Å². The summed E-state index contributed by atoms with van der Waals surface area (Å²) in [4.78, 5) is 28.9. The predicted octanol–water partition coefficient (Wildman–Crippen LogP) is 5.49. The lowest BCUT2D eigenvalue weighted by Gasteiger charge is -2.31. The highest BCUT2D eigenvalue weighted by molar-refractivity contribution is 6.35. The maximum atomic E-state index is 13.0. The second-order valence-electron chi connectivity index (χ2n) is 7.23. The van der Waals surface area contributed by atoms with E-state index >= 15 is 0 Å². The molecule has 1 aliphatic heterocycles. The van der Waals surface area contributed by atoms with Crippen LogP contribution in [0.1, 0.15) is 63.5 Å². The summed E-state index contributed by atoms with van der Waals surface area (Å²) in [7, 11) is 0. The highest BCUT2D eigenvalue weighted by atomic mass is 35.5. The number of ether oxygens (including phenoxy) is 1. The summed E-state index contributed by atoms with van der Waals surface area (Å²) in [6.07, 6.45) is 7.43. The molecule has 2 amide bonds. The normalized spacial score (nSPS) is 24.4. The molecule has 2 atom stereocenters. The third kappa shape index (κ3) is 5.02. The molecule has 0 spiro atoms. The maximum Gasteiger partial charge on any atom is 0.341 e. The monoisotopic (exact) mass is 410 g/mol. The van der Waals surface area contributed by atoms with E-state index in [1.165, 1.54) is 19.3 Å². The van der Waals surface area contributed by atoms with Crippen LogP contribution in [0.15, 0.2) is 23.2 Å². The molecule has 7 heteroatoms. The summed E-state index contributed by atoms with van der Waals surface area (Å²) in [6, 6.07) is 3.90. The van der Waals surface area contributed by atoms with Gasteiger partial charge in [0.25, 0.3) is 0 Å². The van der Waals surface area contributed by atoms with Gasteiger partial charge in [-0.1, -0.05) is 48.5 Å². The zero-order chi connectivity index (χ0) is 19.4. The summed E-state index contributed by atoms with van der Waals surface area (Å²) in [5.74, 6) is -1.07. The fourth-order valence-electron chi connectivity index (χ4n) is 3.81. The lowest BCUT2D eigenvalue weighted by molar-refractivity contribution is -0.153. The Kier molecular flexibility index (Phi) is 6.77. The highest BCUT2D eigenvalue weighted by Gasteiger charge is 2.39. The standard InChI is InChI=1S/C20H24Cl2N2O3/c1-12-17(19(25)27-14-7-5-3-2-4-6-8-14)18(24-20(26)23-12)15-10-9-13(21)11-16(15)22/h9-11,14,17-18H,2-8H2,1H3,(H,24,26). The number of rotatable bonds is 3. The fourth-order valence-corrected chi connectivity index (χ4v) is 4.34. The van der Waals surface area contributed by atoms with E-state index < -0.39 is 18.0 Å². The lowest BCUT2D eigenvalue weighted by atomic mass is 9.88. The van der Waals surface area contributed by atoms with Crippen LogP contribution in [0, 0.1) is 5.92 Å². The number of esters is 1. The van der Waals surface area contributed by atoms with Crippen LogP contribution in [-0.2, 0) is 9.53 Å². The van der Waals surface area contributed by atoms with E-state index in [4.69, 9.17) is 27.9 Å². The van der Waals surface area contributed by atoms with E-state index in [0.717, 1.165) is 25.7 Å². The smallest absolute Gasteiger partial charge is 0.341 e. The average molecular weight is 411 g/mol. The molecule has 1 aromatic carbocycles. The van der Waals surface area contributed by atoms with Gasteiger partial charge in [0.2, 0.25) is 0 Å². The van der Waals surface area contributed by atoms with E-state index in [0.29, 0.717) is 21.3 Å². The van der Waals surface area contributed by atoms with E-state index in [1.807, 2.05) is 0 Å². The van der Waals surface area contributed by atoms with Gasteiger partial charge in [0, 0.05) is 15.8 Å². The van der Waals surface area contributed by atoms with E-state index in [-0.39, 0.29) is 12.1 Å². The molecule has 1 aromatic rings. The Bertz CT molecular complexity index is 743. The van der Waals surface area contributed by atoms with Crippen LogP contribution in [0.25, 0.3) is 0 Å². The molecule has 27 heavy (non-hydrogen) atoms. The van der Waals surface area contributed by atoms with Gasteiger partial charge in [0.05, 0.1) is 6.04 Å². The van der Waals surface area contributed by atoms with Crippen LogP contribution < -0.4 is 5.32 Å². The van der Waals surface area contributed by atoms with Gasteiger partial charge in [-0.25, -0.2) is 9.79 Å². The summed E-state index contributed by atoms with van der Waals surface area (Å²) < 4.78 is 5.85. The first kappa shape index (κ1) is 20.2. The Balaban J connectivity index is 1.83. The SMILES string of the molecule is CC1=NC(=O)NC(c2ccc(Cl)cc2Cl)C1C(=O)OC1CCCCCCC1. The molecule has 1 N–H and O–H groups in total. The molecule has 1 heterocycles.